The monoisotopic (exact) mass is 317 g/mol. The molecule has 6 nitrogen and oxygen atoms in total. The van der Waals surface area contributed by atoms with Gasteiger partial charge in [0.2, 0.25) is 17.7 Å². The Bertz CT molecular complexity index is 607. The maximum absolute atomic E-state index is 12.7. The Labute approximate surface area is 136 Å². The third kappa shape index (κ3) is 4.31. The first-order valence-electron chi connectivity index (χ1n) is 7.85. The summed E-state index contributed by atoms with van der Waals surface area (Å²) >= 11 is 0. The van der Waals surface area contributed by atoms with Gasteiger partial charge in [-0.05, 0) is 31.4 Å². The number of aryl methyl sites for hydroxylation is 1. The molecule has 1 aliphatic rings. The summed E-state index contributed by atoms with van der Waals surface area (Å²) < 4.78 is 0. The summed E-state index contributed by atoms with van der Waals surface area (Å²) in [6.45, 7) is 3.16. The van der Waals surface area contributed by atoms with Gasteiger partial charge in [0.05, 0.1) is 6.54 Å². The van der Waals surface area contributed by atoms with Crippen LogP contribution in [0, 0.1) is 6.92 Å². The highest BCUT2D eigenvalue weighted by Crippen LogP contribution is 2.31. The van der Waals surface area contributed by atoms with Crippen molar-refractivity contribution in [3.8, 4) is 0 Å². The number of benzene rings is 1. The van der Waals surface area contributed by atoms with E-state index in [1.165, 1.54) is 6.92 Å². The van der Waals surface area contributed by atoms with Crippen molar-refractivity contribution in [1.82, 2.24) is 10.6 Å². The molecule has 124 valence electrons. The lowest BCUT2D eigenvalue weighted by molar-refractivity contribution is -0.130. The van der Waals surface area contributed by atoms with E-state index in [1.807, 2.05) is 31.2 Å². The molecule has 2 rings (SSSR count). The number of para-hydroxylation sites is 1. The average Bonchev–Trinajstić information content (AvgIpc) is 2.97. The van der Waals surface area contributed by atoms with E-state index in [2.05, 4.69) is 16.0 Å². The second-order valence-corrected chi connectivity index (χ2v) is 6.02. The maximum atomic E-state index is 12.7. The van der Waals surface area contributed by atoms with Gasteiger partial charge in [0.1, 0.15) is 5.54 Å². The molecule has 0 spiro atoms. The number of hydrogen-bond donors (Lipinski definition) is 3. The van der Waals surface area contributed by atoms with Gasteiger partial charge in [0.25, 0.3) is 0 Å². The molecule has 0 atom stereocenters. The van der Waals surface area contributed by atoms with E-state index in [0.29, 0.717) is 12.8 Å². The molecule has 0 aromatic heterocycles. The van der Waals surface area contributed by atoms with Crippen LogP contribution in [-0.4, -0.2) is 29.8 Å². The van der Waals surface area contributed by atoms with Crippen LogP contribution in [0.25, 0.3) is 0 Å². The number of hydrogen-bond acceptors (Lipinski definition) is 3. The van der Waals surface area contributed by atoms with Gasteiger partial charge in [-0.25, -0.2) is 0 Å². The summed E-state index contributed by atoms with van der Waals surface area (Å²) in [5.41, 5.74) is 0.830. The number of rotatable bonds is 5. The summed E-state index contributed by atoms with van der Waals surface area (Å²) in [4.78, 5) is 35.7. The van der Waals surface area contributed by atoms with Crippen molar-refractivity contribution in [2.75, 3.05) is 11.9 Å². The zero-order chi connectivity index (χ0) is 16.9. The summed E-state index contributed by atoms with van der Waals surface area (Å²) in [7, 11) is 0. The highest BCUT2D eigenvalue weighted by molar-refractivity contribution is 6.01. The van der Waals surface area contributed by atoms with Gasteiger partial charge in [-0.3, -0.25) is 14.4 Å². The largest absolute Gasteiger partial charge is 0.347 e. The Kier molecular flexibility index (Phi) is 5.36. The van der Waals surface area contributed by atoms with Gasteiger partial charge < -0.3 is 16.0 Å². The van der Waals surface area contributed by atoms with E-state index in [-0.39, 0.29) is 24.3 Å². The van der Waals surface area contributed by atoms with Crippen molar-refractivity contribution in [3.05, 3.63) is 29.8 Å². The number of anilines is 1. The van der Waals surface area contributed by atoms with Crippen LogP contribution in [0.5, 0.6) is 0 Å². The topological polar surface area (TPSA) is 87.3 Å². The molecule has 1 aromatic carbocycles. The molecule has 1 fully saturated rings. The Hall–Kier alpha value is -2.37. The van der Waals surface area contributed by atoms with Gasteiger partial charge in [-0.1, -0.05) is 31.0 Å². The van der Waals surface area contributed by atoms with Crippen molar-refractivity contribution in [1.29, 1.82) is 0 Å². The lowest BCUT2D eigenvalue weighted by Crippen LogP contribution is -2.56. The maximum Gasteiger partial charge on any atom is 0.250 e. The molecule has 1 aliphatic carbocycles. The van der Waals surface area contributed by atoms with Gasteiger partial charge in [-0.15, -0.1) is 0 Å². The quantitative estimate of drug-likeness (QED) is 0.769. The molecule has 3 amide bonds. The van der Waals surface area contributed by atoms with Crippen molar-refractivity contribution in [2.24, 2.45) is 0 Å². The minimum Gasteiger partial charge on any atom is -0.347 e. The van der Waals surface area contributed by atoms with E-state index in [1.54, 1.807) is 0 Å². The second kappa shape index (κ2) is 7.26. The van der Waals surface area contributed by atoms with Crippen molar-refractivity contribution in [2.45, 2.75) is 45.1 Å². The summed E-state index contributed by atoms with van der Waals surface area (Å²) in [6.07, 6.45) is 3.00. The molecule has 0 bridgehead atoms. The van der Waals surface area contributed by atoms with E-state index in [4.69, 9.17) is 0 Å². The lowest BCUT2D eigenvalue weighted by Gasteiger charge is -2.29. The highest BCUT2D eigenvalue weighted by atomic mass is 16.2. The summed E-state index contributed by atoms with van der Waals surface area (Å²) in [6, 6.07) is 7.53. The predicted molar refractivity (Wildman–Crippen MR) is 87.8 cm³/mol. The summed E-state index contributed by atoms with van der Waals surface area (Å²) in [5.74, 6) is -0.813. The molecular formula is C17H23N3O3. The van der Waals surface area contributed by atoms with E-state index >= 15 is 0 Å². The Morgan fingerprint density at radius 2 is 1.78 bits per heavy atom. The molecular weight excluding hydrogens is 294 g/mol. The number of carbonyl (C=O) groups is 3. The molecule has 0 aliphatic heterocycles. The van der Waals surface area contributed by atoms with Crippen LogP contribution in [-0.2, 0) is 14.4 Å². The average molecular weight is 317 g/mol. The molecule has 0 unspecified atom stereocenters. The van der Waals surface area contributed by atoms with Crippen LogP contribution < -0.4 is 16.0 Å². The lowest BCUT2D eigenvalue weighted by atomic mass is 9.95. The van der Waals surface area contributed by atoms with Crippen LogP contribution in [0.4, 0.5) is 5.69 Å². The van der Waals surface area contributed by atoms with Crippen LogP contribution in [0.3, 0.4) is 0 Å². The molecule has 3 N–H and O–H groups in total. The van der Waals surface area contributed by atoms with Crippen molar-refractivity contribution < 1.29 is 14.4 Å². The first-order valence-corrected chi connectivity index (χ1v) is 7.85. The predicted octanol–water partition coefficient (Wildman–Crippen LogP) is 1.50. The smallest absolute Gasteiger partial charge is 0.250 e. The normalized spacial score (nSPS) is 15.7. The van der Waals surface area contributed by atoms with Gasteiger partial charge in [-0.2, -0.15) is 0 Å². The zero-order valence-electron chi connectivity index (χ0n) is 13.6. The van der Waals surface area contributed by atoms with Gasteiger partial charge in [0.15, 0.2) is 0 Å². The fourth-order valence-electron chi connectivity index (χ4n) is 2.86. The fourth-order valence-corrected chi connectivity index (χ4v) is 2.86. The van der Waals surface area contributed by atoms with Crippen LogP contribution in [0.1, 0.15) is 38.2 Å². The van der Waals surface area contributed by atoms with Crippen molar-refractivity contribution >= 4 is 23.4 Å². The van der Waals surface area contributed by atoms with Crippen LogP contribution in [0.2, 0.25) is 0 Å². The van der Waals surface area contributed by atoms with Gasteiger partial charge >= 0.3 is 0 Å². The van der Waals surface area contributed by atoms with E-state index in [0.717, 1.165) is 24.1 Å². The van der Waals surface area contributed by atoms with Crippen LogP contribution >= 0.6 is 0 Å². The standard InChI is InChI=1S/C17H23N3O3/c1-12-7-3-4-8-14(12)19-16(23)17(9-5-6-10-17)20-15(22)11-18-13(2)21/h3-4,7-8H,5-6,9-11H2,1-2H3,(H,18,21)(H,19,23)(H,20,22). The molecule has 1 saturated carbocycles. The molecule has 6 heteroatoms. The molecule has 0 radical (unpaired) electrons. The van der Waals surface area contributed by atoms with Crippen molar-refractivity contribution in [3.63, 3.8) is 0 Å². The molecule has 0 saturated heterocycles. The third-order valence-electron chi connectivity index (χ3n) is 4.16. The number of nitrogens with one attached hydrogen (secondary N) is 3. The van der Waals surface area contributed by atoms with Gasteiger partial charge in [0, 0.05) is 12.6 Å². The molecule has 0 heterocycles. The fraction of sp³-hybridized carbons (Fsp3) is 0.471. The molecule has 23 heavy (non-hydrogen) atoms. The Morgan fingerprint density at radius 3 is 2.39 bits per heavy atom. The Morgan fingerprint density at radius 1 is 1.13 bits per heavy atom. The zero-order valence-corrected chi connectivity index (χ0v) is 13.6. The molecule has 1 aromatic rings. The number of amides is 3. The Balaban J connectivity index is 2.07. The minimum absolute atomic E-state index is 0.116. The first-order chi connectivity index (χ1) is 10.9. The van der Waals surface area contributed by atoms with E-state index < -0.39 is 5.54 Å². The van der Waals surface area contributed by atoms with E-state index in [9.17, 15) is 14.4 Å². The first kappa shape index (κ1) is 17.0. The van der Waals surface area contributed by atoms with Crippen LogP contribution in [0.15, 0.2) is 24.3 Å². The number of carbonyl (C=O) groups excluding carboxylic acids is 3. The minimum atomic E-state index is -0.891. The second-order valence-electron chi connectivity index (χ2n) is 6.02. The summed E-state index contributed by atoms with van der Waals surface area (Å²) in [5, 5.41) is 8.20. The highest BCUT2D eigenvalue weighted by Gasteiger charge is 2.42. The SMILES string of the molecule is CC(=O)NCC(=O)NC1(C(=O)Nc2ccccc2C)CCCC1. The third-order valence-corrected chi connectivity index (χ3v) is 4.16.